The van der Waals surface area contributed by atoms with Gasteiger partial charge in [0.2, 0.25) is 0 Å². The number of esters is 1. The van der Waals surface area contributed by atoms with E-state index in [4.69, 9.17) is 16.3 Å². The predicted molar refractivity (Wildman–Crippen MR) is 80.0 cm³/mol. The van der Waals surface area contributed by atoms with Crippen LogP contribution in [-0.4, -0.2) is 24.6 Å². The Morgan fingerprint density at radius 2 is 2.26 bits per heavy atom. The van der Waals surface area contributed by atoms with Crippen LogP contribution in [0.2, 0.25) is 5.02 Å². The fourth-order valence-corrected chi connectivity index (χ4v) is 2.44. The van der Waals surface area contributed by atoms with Crippen molar-refractivity contribution in [3.8, 4) is 0 Å². The van der Waals surface area contributed by atoms with E-state index in [2.05, 4.69) is 26.2 Å². The Balaban J connectivity index is 2.70. The van der Waals surface area contributed by atoms with Gasteiger partial charge in [-0.2, -0.15) is 0 Å². The number of benzene rings is 1. The van der Waals surface area contributed by atoms with Gasteiger partial charge in [0.25, 0.3) is 0 Å². The summed E-state index contributed by atoms with van der Waals surface area (Å²) < 4.78 is 5.72. The maximum absolute atomic E-state index is 11.9. The Kier molecular flexibility index (Phi) is 4.27. The molecule has 6 heteroatoms. The molecule has 0 spiro atoms. The lowest BCUT2D eigenvalue weighted by atomic mass is 10.1. The van der Waals surface area contributed by atoms with E-state index in [1.807, 2.05) is 6.07 Å². The van der Waals surface area contributed by atoms with E-state index < -0.39 is 5.97 Å². The van der Waals surface area contributed by atoms with Crippen LogP contribution in [0.1, 0.15) is 17.3 Å². The van der Waals surface area contributed by atoms with Crippen molar-refractivity contribution >= 4 is 50.1 Å². The number of carbonyl (C=O) groups is 1. The van der Waals surface area contributed by atoms with E-state index in [1.54, 1.807) is 20.0 Å². The molecule has 0 saturated carbocycles. The monoisotopic (exact) mass is 342 g/mol. The van der Waals surface area contributed by atoms with E-state index in [0.717, 1.165) is 5.39 Å². The van der Waals surface area contributed by atoms with Gasteiger partial charge >= 0.3 is 5.97 Å². The average molecular weight is 344 g/mol. The minimum absolute atomic E-state index is 0.324. The molecule has 1 heterocycles. The number of pyridine rings is 1. The largest absolute Gasteiger partial charge is 0.462 e. The van der Waals surface area contributed by atoms with Crippen LogP contribution < -0.4 is 5.32 Å². The molecule has 0 radical (unpaired) electrons. The second-order valence-corrected chi connectivity index (χ2v) is 4.98. The van der Waals surface area contributed by atoms with Gasteiger partial charge in [-0.1, -0.05) is 11.6 Å². The van der Waals surface area contributed by atoms with Crippen LogP contribution in [0.5, 0.6) is 0 Å². The Morgan fingerprint density at radius 1 is 1.53 bits per heavy atom. The molecule has 2 rings (SSSR count). The maximum Gasteiger partial charge on any atom is 0.341 e. The second kappa shape index (κ2) is 5.75. The first-order valence-electron chi connectivity index (χ1n) is 5.71. The van der Waals surface area contributed by atoms with Crippen molar-refractivity contribution in [1.82, 2.24) is 4.98 Å². The van der Waals surface area contributed by atoms with Crippen LogP contribution in [-0.2, 0) is 4.74 Å². The van der Waals surface area contributed by atoms with Gasteiger partial charge in [-0.25, -0.2) is 4.79 Å². The minimum Gasteiger partial charge on any atom is -0.462 e. The summed E-state index contributed by atoms with van der Waals surface area (Å²) in [5.41, 5.74) is 1.79. The fourth-order valence-electron chi connectivity index (χ4n) is 1.84. The fraction of sp³-hybridized carbons (Fsp3) is 0.231. The highest BCUT2D eigenvalue weighted by atomic mass is 79.9. The van der Waals surface area contributed by atoms with Gasteiger partial charge in [-0.15, -0.1) is 0 Å². The normalized spacial score (nSPS) is 10.5. The zero-order chi connectivity index (χ0) is 14.0. The summed E-state index contributed by atoms with van der Waals surface area (Å²) in [6.07, 6.45) is 1.49. The van der Waals surface area contributed by atoms with Gasteiger partial charge in [-0.05, 0) is 35.0 Å². The third kappa shape index (κ3) is 2.53. The first-order valence-corrected chi connectivity index (χ1v) is 6.88. The number of fused-ring (bicyclic) bond motifs is 1. The smallest absolute Gasteiger partial charge is 0.341 e. The molecule has 0 atom stereocenters. The van der Waals surface area contributed by atoms with Crippen LogP contribution in [0.25, 0.3) is 10.9 Å². The third-order valence-electron chi connectivity index (χ3n) is 2.68. The van der Waals surface area contributed by atoms with E-state index in [1.165, 1.54) is 6.20 Å². The first-order chi connectivity index (χ1) is 9.10. The molecule has 1 aromatic heterocycles. The van der Waals surface area contributed by atoms with Gasteiger partial charge in [0.15, 0.2) is 0 Å². The van der Waals surface area contributed by atoms with Crippen molar-refractivity contribution in [2.75, 3.05) is 19.0 Å². The number of aromatic nitrogens is 1. The SMILES string of the molecule is CCOC(=O)c1cnc2c(Br)c(Cl)ccc2c1NC. The number of nitrogens with zero attached hydrogens (tertiary/aromatic N) is 1. The van der Waals surface area contributed by atoms with Crippen molar-refractivity contribution in [2.24, 2.45) is 0 Å². The number of anilines is 1. The zero-order valence-corrected chi connectivity index (χ0v) is 12.8. The van der Waals surface area contributed by atoms with Gasteiger partial charge in [-0.3, -0.25) is 4.98 Å². The lowest BCUT2D eigenvalue weighted by Crippen LogP contribution is -2.09. The van der Waals surface area contributed by atoms with E-state index in [0.29, 0.717) is 32.9 Å². The van der Waals surface area contributed by atoms with E-state index >= 15 is 0 Å². The van der Waals surface area contributed by atoms with Crippen molar-refractivity contribution in [3.63, 3.8) is 0 Å². The summed E-state index contributed by atoms with van der Waals surface area (Å²) in [4.78, 5) is 16.2. The van der Waals surface area contributed by atoms with Crippen molar-refractivity contribution < 1.29 is 9.53 Å². The number of hydrogen-bond acceptors (Lipinski definition) is 4. The average Bonchev–Trinajstić information content (AvgIpc) is 2.41. The molecule has 0 amide bonds. The lowest BCUT2D eigenvalue weighted by Gasteiger charge is -2.12. The van der Waals surface area contributed by atoms with Gasteiger partial charge in [0, 0.05) is 18.6 Å². The van der Waals surface area contributed by atoms with Crippen molar-refractivity contribution in [3.05, 3.63) is 33.4 Å². The molecule has 0 aliphatic heterocycles. The van der Waals surface area contributed by atoms with Gasteiger partial charge in [0.05, 0.1) is 27.3 Å². The quantitative estimate of drug-likeness (QED) is 0.860. The Hall–Kier alpha value is -1.33. The van der Waals surface area contributed by atoms with Crippen LogP contribution >= 0.6 is 27.5 Å². The molecule has 19 heavy (non-hydrogen) atoms. The highest BCUT2D eigenvalue weighted by Crippen LogP contribution is 2.34. The highest BCUT2D eigenvalue weighted by Gasteiger charge is 2.17. The molecule has 0 fully saturated rings. The molecule has 0 saturated heterocycles. The molecule has 4 nitrogen and oxygen atoms in total. The summed E-state index contributed by atoms with van der Waals surface area (Å²) in [7, 11) is 1.75. The Labute approximate surface area is 124 Å². The number of ether oxygens (including phenoxy) is 1. The first kappa shape index (κ1) is 14.1. The third-order valence-corrected chi connectivity index (χ3v) is 4.02. The molecule has 2 aromatic rings. The number of halogens is 2. The molecule has 1 aromatic carbocycles. The minimum atomic E-state index is -0.396. The van der Waals surface area contributed by atoms with Crippen LogP contribution in [0.4, 0.5) is 5.69 Å². The molecular weight excluding hydrogens is 332 g/mol. The lowest BCUT2D eigenvalue weighted by molar-refractivity contribution is 0.0527. The summed E-state index contributed by atoms with van der Waals surface area (Å²) in [6, 6.07) is 3.58. The predicted octanol–water partition coefficient (Wildman–Crippen LogP) is 3.87. The topological polar surface area (TPSA) is 51.2 Å². The van der Waals surface area contributed by atoms with E-state index in [9.17, 15) is 4.79 Å². The van der Waals surface area contributed by atoms with Crippen LogP contribution in [0.3, 0.4) is 0 Å². The molecule has 0 bridgehead atoms. The number of nitrogens with one attached hydrogen (secondary N) is 1. The zero-order valence-electron chi connectivity index (χ0n) is 10.5. The van der Waals surface area contributed by atoms with E-state index in [-0.39, 0.29) is 0 Å². The Morgan fingerprint density at radius 3 is 2.89 bits per heavy atom. The molecule has 1 N–H and O–H groups in total. The highest BCUT2D eigenvalue weighted by molar-refractivity contribution is 9.10. The summed E-state index contributed by atoms with van der Waals surface area (Å²) in [5, 5.41) is 4.40. The number of hydrogen-bond donors (Lipinski definition) is 1. The van der Waals surface area contributed by atoms with Crippen LogP contribution in [0, 0.1) is 0 Å². The summed E-state index contributed by atoms with van der Waals surface area (Å²) in [5.74, 6) is -0.396. The van der Waals surface area contributed by atoms with Gasteiger partial charge < -0.3 is 10.1 Å². The number of carbonyl (C=O) groups excluding carboxylic acids is 1. The molecule has 0 unspecified atom stereocenters. The summed E-state index contributed by atoms with van der Waals surface area (Å²) >= 11 is 9.43. The second-order valence-electron chi connectivity index (χ2n) is 3.77. The van der Waals surface area contributed by atoms with Crippen molar-refractivity contribution in [2.45, 2.75) is 6.92 Å². The maximum atomic E-state index is 11.9. The molecule has 100 valence electrons. The van der Waals surface area contributed by atoms with Gasteiger partial charge in [0.1, 0.15) is 5.56 Å². The Bertz CT molecular complexity index is 646. The van der Waals surface area contributed by atoms with Crippen molar-refractivity contribution in [1.29, 1.82) is 0 Å². The molecule has 0 aliphatic carbocycles. The molecular formula is C13H12BrClN2O2. The van der Waals surface area contributed by atoms with Crippen LogP contribution in [0.15, 0.2) is 22.8 Å². The number of rotatable bonds is 3. The molecule has 0 aliphatic rings. The summed E-state index contributed by atoms with van der Waals surface area (Å²) in [6.45, 7) is 2.09. The standard InChI is InChI=1S/C13H12BrClN2O2/c1-3-19-13(18)8-6-17-12-7(11(8)16-2)4-5-9(15)10(12)14/h4-6H,3H2,1-2H3,(H,16,17).